The van der Waals surface area contributed by atoms with E-state index in [-0.39, 0.29) is 5.54 Å². The normalized spacial score (nSPS) is 17.6. The molecule has 1 aromatic rings. The van der Waals surface area contributed by atoms with Crippen molar-refractivity contribution in [1.29, 1.82) is 0 Å². The minimum absolute atomic E-state index is 0.306. The van der Waals surface area contributed by atoms with Crippen LogP contribution in [0.4, 0.5) is 0 Å². The predicted octanol–water partition coefficient (Wildman–Crippen LogP) is 3.76. The van der Waals surface area contributed by atoms with Crippen molar-refractivity contribution in [3.8, 4) is 0 Å². The van der Waals surface area contributed by atoms with E-state index >= 15 is 0 Å². The van der Waals surface area contributed by atoms with Gasteiger partial charge in [0, 0.05) is 5.25 Å². The Labute approximate surface area is 118 Å². The molecule has 0 bridgehead atoms. The molecule has 106 valence electrons. The Morgan fingerprint density at radius 3 is 2.53 bits per heavy atom. The molecule has 1 saturated carbocycles. The molecule has 0 unspecified atom stereocenters. The predicted molar refractivity (Wildman–Crippen MR) is 76.9 cm³/mol. The zero-order valence-electron chi connectivity index (χ0n) is 11.8. The van der Waals surface area contributed by atoms with E-state index < -0.39 is 5.97 Å². The number of hydrogen-bond acceptors (Lipinski definition) is 3. The molecule has 0 aromatic carbocycles. The number of hydrogen-bond donors (Lipinski definition) is 1. The van der Waals surface area contributed by atoms with Gasteiger partial charge in [-0.15, -0.1) is 11.8 Å². The number of carboxylic acids is 1. The first-order valence-electron chi connectivity index (χ1n) is 6.88. The first-order valence-corrected chi connectivity index (χ1v) is 7.76. The number of aromatic carboxylic acids is 1. The second-order valence-electron chi connectivity index (χ2n) is 6.12. The monoisotopic (exact) mass is 282 g/mol. The van der Waals surface area contributed by atoms with E-state index in [9.17, 15) is 9.90 Å². The lowest BCUT2D eigenvalue weighted by atomic mass is 10.0. The van der Waals surface area contributed by atoms with Crippen molar-refractivity contribution in [3.05, 3.63) is 11.9 Å². The largest absolute Gasteiger partial charge is 0.476 e. The van der Waals surface area contributed by atoms with Crippen molar-refractivity contribution < 1.29 is 9.90 Å². The minimum Gasteiger partial charge on any atom is -0.476 e. The summed E-state index contributed by atoms with van der Waals surface area (Å²) in [6.07, 6.45) is 7.91. The maximum atomic E-state index is 11.5. The van der Waals surface area contributed by atoms with Crippen LogP contribution in [0.15, 0.2) is 11.1 Å². The van der Waals surface area contributed by atoms with Crippen LogP contribution in [0.1, 0.15) is 63.4 Å². The Hall–Kier alpha value is -0.970. The van der Waals surface area contributed by atoms with E-state index in [1.165, 1.54) is 32.1 Å². The standard InChI is InChI=1S/C14H22N2O2S/c1-14(2,3)16-12(13(17)18)11(9-15-16)19-10-7-5-4-6-8-10/h9-10H,4-8H2,1-3H3,(H,17,18). The van der Waals surface area contributed by atoms with E-state index in [0.29, 0.717) is 10.9 Å². The Bertz CT molecular complexity index is 457. The number of aromatic nitrogens is 2. The van der Waals surface area contributed by atoms with E-state index in [0.717, 1.165) is 4.90 Å². The molecular formula is C14H22N2O2S. The molecule has 1 aliphatic rings. The van der Waals surface area contributed by atoms with E-state index in [2.05, 4.69) is 5.10 Å². The summed E-state index contributed by atoms with van der Waals surface area (Å²) in [4.78, 5) is 12.3. The summed E-state index contributed by atoms with van der Waals surface area (Å²) in [6.45, 7) is 5.92. The topological polar surface area (TPSA) is 55.1 Å². The highest BCUT2D eigenvalue weighted by Gasteiger charge is 2.27. The zero-order valence-corrected chi connectivity index (χ0v) is 12.7. The fraction of sp³-hybridized carbons (Fsp3) is 0.714. The van der Waals surface area contributed by atoms with E-state index in [1.807, 2.05) is 20.8 Å². The van der Waals surface area contributed by atoms with Crippen LogP contribution in [0.2, 0.25) is 0 Å². The third-order valence-electron chi connectivity index (χ3n) is 3.42. The molecule has 0 saturated heterocycles. The number of carboxylic acid groups (broad SMARTS) is 1. The molecule has 1 aliphatic carbocycles. The van der Waals surface area contributed by atoms with Gasteiger partial charge < -0.3 is 5.11 Å². The minimum atomic E-state index is -0.884. The van der Waals surface area contributed by atoms with Gasteiger partial charge in [-0.25, -0.2) is 4.79 Å². The summed E-state index contributed by atoms with van der Waals surface area (Å²) in [6, 6.07) is 0. The van der Waals surface area contributed by atoms with Crippen LogP contribution >= 0.6 is 11.8 Å². The van der Waals surface area contributed by atoms with Crippen molar-refractivity contribution >= 4 is 17.7 Å². The molecule has 4 nitrogen and oxygen atoms in total. The Balaban J connectivity index is 2.25. The van der Waals surface area contributed by atoms with Crippen molar-refractivity contribution in [3.63, 3.8) is 0 Å². The lowest BCUT2D eigenvalue weighted by Crippen LogP contribution is -2.27. The first kappa shape index (κ1) is 14.4. The molecule has 2 rings (SSSR count). The fourth-order valence-electron chi connectivity index (χ4n) is 2.49. The van der Waals surface area contributed by atoms with Gasteiger partial charge in [-0.1, -0.05) is 19.3 Å². The van der Waals surface area contributed by atoms with Crippen LogP contribution in [0.3, 0.4) is 0 Å². The third kappa shape index (κ3) is 3.32. The molecule has 1 fully saturated rings. The fourth-order valence-corrected chi connectivity index (χ4v) is 3.81. The zero-order chi connectivity index (χ0) is 14.0. The second kappa shape index (κ2) is 5.57. The van der Waals surface area contributed by atoms with Gasteiger partial charge in [0.05, 0.1) is 16.6 Å². The summed E-state index contributed by atoms with van der Waals surface area (Å²) in [5.41, 5.74) is 0.0297. The molecule has 5 heteroatoms. The highest BCUT2D eigenvalue weighted by molar-refractivity contribution is 8.00. The van der Waals surface area contributed by atoms with Gasteiger partial charge >= 0.3 is 5.97 Å². The van der Waals surface area contributed by atoms with Crippen LogP contribution in [0, 0.1) is 0 Å². The van der Waals surface area contributed by atoms with Crippen LogP contribution in [-0.2, 0) is 5.54 Å². The smallest absolute Gasteiger partial charge is 0.355 e. The van der Waals surface area contributed by atoms with Crippen LogP contribution < -0.4 is 0 Å². The van der Waals surface area contributed by atoms with Gasteiger partial charge in [0.15, 0.2) is 5.69 Å². The third-order valence-corrected chi connectivity index (χ3v) is 4.78. The summed E-state index contributed by atoms with van der Waals surface area (Å²) in [5, 5.41) is 14.3. The maximum Gasteiger partial charge on any atom is 0.355 e. The lowest BCUT2D eigenvalue weighted by molar-refractivity contribution is 0.0670. The average Bonchev–Trinajstić information content (AvgIpc) is 2.74. The van der Waals surface area contributed by atoms with Gasteiger partial charge in [-0.2, -0.15) is 5.10 Å². The highest BCUT2D eigenvalue weighted by atomic mass is 32.2. The lowest BCUT2D eigenvalue weighted by Gasteiger charge is -2.23. The average molecular weight is 282 g/mol. The molecule has 0 amide bonds. The molecule has 0 atom stereocenters. The SMILES string of the molecule is CC(C)(C)n1ncc(SC2CCCCC2)c1C(=O)O. The van der Waals surface area contributed by atoms with Gasteiger partial charge in [-0.3, -0.25) is 4.68 Å². The Kier molecular flexibility index (Phi) is 4.23. The molecule has 0 radical (unpaired) electrons. The molecule has 0 aliphatic heterocycles. The van der Waals surface area contributed by atoms with Gasteiger partial charge in [0.1, 0.15) is 0 Å². The van der Waals surface area contributed by atoms with Crippen LogP contribution in [-0.4, -0.2) is 26.1 Å². The molecular weight excluding hydrogens is 260 g/mol. The van der Waals surface area contributed by atoms with E-state index in [1.54, 1.807) is 22.6 Å². The molecule has 1 N–H and O–H groups in total. The number of nitrogens with zero attached hydrogens (tertiary/aromatic N) is 2. The van der Waals surface area contributed by atoms with Gasteiger partial charge in [0.25, 0.3) is 0 Å². The summed E-state index contributed by atoms with van der Waals surface area (Å²) in [7, 11) is 0. The van der Waals surface area contributed by atoms with Gasteiger partial charge in [-0.05, 0) is 33.6 Å². The molecule has 1 aromatic heterocycles. The number of rotatable bonds is 3. The second-order valence-corrected chi connectivity index (χ2v) is 7.47. The Morgan fingerprint density at radius 1 is 1.37 bits per heavy atom. The summed E-state index contributed by atoms with van der Waals surface area (Å²) < 4.78 is 1.63. The molecule has 19 heavy (non-hydrogen) atoms. The van der Waals surface area contributed by atoms with Crippen molar-refractivity contribution in [1.82, 2.24) is 9.78 Å². The van der Waals surface area contributed by atoms with Gasteiger partial charge in [0.2, 0.25) is 0 Å². The number of thioether (sulfide) groups is 1. The quantitative estimate of drug-likeness (QED) is 0.917. The van der Waals surface area contributed by atoms with Crippen LogP contribution in [0.5, 0.6) is 0 Å². The highest BCUT2D eigenvalue weighted by Crippen LogP contribution is 2.36. The summed E-state index contributed by atoms with van der Waals surface area (Å²) in [5.74, 6) is -0.884. The summed E-state index contributed by atoms with van der Waals surface area (Å²) >= 11 is 1.69. The van der Waals surface area contributed by atoms with E-state index in [4.69, 9.17) is 0 Å². The van der Waals surface area contributed by atoms with Crippen molar-refractivity contribution in [2.24, 2.45) is 0 Å². The number of carbonyl (C=O) groups is 1. The Morgan fingerprint density at radius 2 is 2.00 bits per heavy atom. The maximum absolute atomic E-state index is 11.5. The van der Waals surface area contributed by atoms with Crippen LogP contribution in [0.25, 0.3) is 0 Å². The van der Waals surface area contributed by atoms with Crippen molar-refractivity contribution in [2.75, 3.05) is 0 Å². The molecule has 0 spiro atoms. The molecule has 1 heterocycles. The first-order chi connectivity index (χ1) is 8.89. The van der Waals surface area contributed by atoms with Crippen molar-refractivity contribution in [2.45, 2.75) is 68.6 Å².